The summed E-state index contributed by atoms with van der Waals surface area (Å²) in [7, 11) is 0. The van der Waals surface area contributed by atoms with Crippen LogP contribution in [0.25, 0.3) is 28.3 Å². The van der Waals surface area contributed by atoms with Crippen LogP contribution in [0.1, 0.15) is 62.5 Å². The average Bonchev–Trinajstić information content (AvgIpc) is 3.25. The number of allylic oxidation sites excluding steroid dienone is 2. The Hall–Kier alpha value is -4.26. The molecule has 39 heavy (non-hydrogen) atoms. The van der Waals surface area contributed by atoms with Crippen molar-refractivity contribution in [1.29, 1.82) is 5.26 Å². The quantitative estimate of drug-likeness (QED) is 0.280. The van der Waals surface area contributed by atoms with Gasteiger partial charge in [0, 0.05) is 18.8 Å². The summed E-state index contributed by atoms with van der Waals surface area (Å²) in [4.78, 5) is 18.2. The first-order valence-corrected chi connectivity index (χ1v) is 12.9. The van der Waals surface area contributed by atoms with E-state index in [0.717, 1.165) is 36.1 Å². The van der Waals surface area contributed by atoms with Crippen LogP contribution in [0.2, 0.25) is 0 Å². The number of alkyl halides is 3. The van der Waals surface area contributed by atoms with Gasteiger partial charge in [0.1, 0.15) is 17.3 Å². The minimum atomic E-state index is -4.42. The number of fused-ring (bicyclic) bond motifs is 1. The van der Waals surface area contributed by atoms with Crippen molar-refractivity contribution in [3.05, 3.63) is 71.2 Å². The van der Waals surface area contributed by atoms with E-state index in [0.29, 0.717) is 40.0 Å². The van der Waals surface area contributed by atoms with Gasteiger partial charge in [0.2, 0.25) is 5.82 Å². The third kappa shape index (κ3) is 5.35. The Balaban J connectivity index is 1.68. The monoisotopic (exact) mass is 531 g/mol. The number of aromatic nitrogens is 5. The van der Waals surface area contributed by atoms with Crippen LogP contribution in [0.3, 0.4) is 0 Å². The third-order valence-electron chi connectivity index (χ3n) is 7.42. The number of hydrogen-bond donors (Lipinski definition) is 1. The van der Waals surface area contributed by atoms with Gasteiger partial charge in [0.05, 0.1) is 5.56 Å². The van der Waals surface area contributed by atoms with Crippen molar-refractivity contribution in [3.63, 3.8) is 0 Å². The van der Waals surface area contributed by atoms with Crippen LogP contribution < -0.4 is 5.32 Å². The number of anilines is 1. The van der Waals surface area contributed by atoms with Crippen LogP contribution in [0.15, 0.2) is 48.7 Å². The van der Waals surface area contributed by atoms with E-state index >= 15 is 0 Å². The summed E-state index contributed by atoms with van der Waals surface area (Å²) in [5.41, 5.74) is 3.44. The maximum atomic E-state index is 13.2. The molecule has 1 atom stereocenters. The van der Waals surface area contributed by atoms with Crippen molar-refractivity contribution in [2.24, 2.45) is 5.92 Å². The van der Waals surface area contributed by atoms with Crippen molar-refractivity contribution in [2.75, 3.05) is 5.32 Å². The highest BCUT2D eigenvalue weighted by Gasteiger charge is 2.30. The Morgan fingerprint density at radius 2 is 1.92 bits per heavy atom. The zero-order valence-electron chi connectivity index (χ0n) is 21.9. The Bertz CT molecular complexity index is 1580. The number of nitrogens with one attached hydrogen (secondary N) is 1. The normalized spacial score (nSPS) is 15.2. The van der Waals surface area contributed by atoms with Crippen LogP contribution >= 0.6 is 0 Å². The lowest BCUT2D eigenvalue weighted by atomic mass is 9.80. The molecular weight excluding hydrogens is 503 g/mol. The summed E-state index contributed by atoms with van der Waals surface area (Å²) < 4.78 is 41.4. The smallest absolute Gasteiger partial charge is 0.365 e. The molecule has 1 aliphatic rings. The number of hydrogen-bond acceptors (Lipinski definition) is 6. The maximum Gasteiger partial charge on any atom is 0.416 e. The molecule has 1 aliphatic carbocycles. The molecule has 0 radical (unpaired) electrons. The number of imidazole rings is 1. The lowest BCUT2D eigenvalue weighted by Gasteiger charge is -2.32. The van der Waals surface area contributed by atoms with Gasteiger partial charge < -0.3 is 9.88 Å². The molecular formula is C29H28F3N7. The van der Waals surface area contributed by atoms with Gasteiger partial charge in [0.15, 0.2) is 17.3 Å². The van der Waals surface area contributed by atoms with Gasteiger partial charge in [-0.05, 0) is 80.5 Å². The highest BCUT2D eigenvalue weighted by molar-refractivity contribution is 5.87. The Morgan fingerprint density at radius 1 is 1.18 bits per heavy atom. The second-order valence-electron chi connectivity index (χ2n) is 9.92. The predicted molar refractivity (Wildman–Crippen MR) is 144 cm³/mol. The summed E-state index contributed by atoms with van der Waals surface area (Å²) in [6.45, 7) is 6.25. The van der Waals surface area contributed by atoms with E-state index < -0.39 is 11.7 Å². The Labute approximate surface area is 224 Å². The molecule has 0 unspecified atom stereocenters. The van der Waals surface area contributed by atoms with Gasteiger partial charge in [-0.25, -0.2) is 4.98 Å². The minimum Gasteiger partial charge on any atom is -0.365 e. The van der Waals surface area contributed by atoms with Gasteiger partial charge in [-0.1, -0.05) is 24.6 Å². The van der Waals surface area contributed by atoms with E-state index in [1.54, 1.807) is 6.20 Å². The predicted octanol–water partition coefficient (Wildman–Crippen LogP) is 6.85. The molecule has 10 heteroatoms. The van der Waals surface area contributed by atoms with Crippen LogP contribution in [0, 0.1) is 17.2 Å². The topological polar surface area (TPSA) is 92.3 Å². The summed E-state index contributed by atoms with van der Waals surface area (Å²) >= 11 is 0. The Morgan fingerprint density at radius 3 is 2.54 bits per heavy atom. The summed E-state index contributed by atoms with van der Waals surface area (Å²) in [5.74, 6) is 1.44. The fraction of sp³-hybridized carbons (Fsp3) is 0.345. The van der Waals surface area contributed by atoms with Crippen LogP contribution in [-0.2, 0) is 12.7 Å². The van der Waals surface area contributed by atoms with E-state index in [2.05, 4.69) is 27.2 Å². The van der Waals surface area contributed by atoms with Crippen molar-refractivity contribution in [3.8, 4) is 17.6 Å². The fourth-order valence-corrected chi connectivity index (χ4v) is 4.76. The number of nitriles is 1. The first-order chi connectivity index (χ1) is 18.7. The van der Waals surface area contributed by atoms with Gasteiger partial charge in [0.25, 0.3) is 0 Å². The lowest BCUT2D eigenvalue weighted by molar-refractivity contribution is -0.137. The summed E-state index contributed by atoms with van der Waals surface area (Å²) in [5, 5.41) is 13.1. The molecule has 0 saturated heterocycles. The molecule has 0 aliphatic heterocycles. The van der Waals surface area contributed by atoms with Crippen LogP contribution in [0.4, 0.5) is 19.0 Å². The summed E-state index contributed by atoms with van der Waals surface area (Å²) in [6, 6.07) is 11.0. The summed E-state index contributed by atoms with van der Waals surface area (Å²) in [6.07, 6.45) is 2.69. The average molecular weight is 532 g/mol. The highest BCUT2D eigenvalue weighted by Crippen LogP contribution is 2.34. The molecule has 7 nitrogen and oxygen atoms in total. The van der Waals surface area contributed by atoms with Gasteiger partial charge in [-0.2, -0.15) is 28.4 Å². The van der Waals surface area contributed by atoms with Crippen molar-refractivity contribution >= 4 is 22.6 Å². The maximum absolute atomic E-state index is 13.2. The van der Waals surface area contributed by atoms with E-state index in [1.165, 1.54) is 18.6 Å². The molecule has 1 fully saturated rings. The zero-order chi connectivity index (χ0) is 27.7. The number of pyridine rings is 1. The molecule has 0 bridgehead atoms. The van der Waals surface area contributed by atoms with Crippen molar-refractivity contribution in [2.45, 2.75) is 58.8 Å². The number of halogens is 3. The lowest BCUT2D eigenvalue weighted by Crippen LogP contribution is -2.31. The molecule has 1 N–H and O–H groups in total. The van der Waals surface area contributed by atoms with Crippen LogP contribution in [0.5, 0.6) is 0 Å². The molecule has 0 spiro atoms. The highest BCUT2D eigenvalue weighted by atomic mass is 19.4. The van der Waals surface area contributed by atoms with E-state index in [1.807, 2.05) is 42.7 Å². The SMILES string of the molecule is CC=C(C)c1ccnc(-c2nc3nc(C#N)nc(N[C@H](C)C4CCC4)c3n2Cc2ccc(C(F)(F)F)cc2)c1. The number of rotatable bonds is 7. The molecule has 5 rings (SSSR count). The standard InChI is InChI=1S/C29H28F3N7/c1-4-17(2)21-12-13-34-23(14-21)28-38-27-25(39(28)16-19-8-10-22(11-9-19)29(30,31)32)26(36-24(15-33)37-27)35-18(3)20-6-5-7-20/h4,8-14,18,20H,5-7,16H2,1-3H3,(H,35,36,37)/t18-/m1/s1. The van der Waals surface area contributed by atoms with Crippen molar-refractivity contribution in [1.82, 2.24) is 24.5 Å². The second-order valence-corrected chi connectivity index (χ2v) is 9.92. The van der Waals surface area contributed by atoms with Crippen molar-refractivity contribution < 1.29 is 13.2 Å². The molecule has 4 aromatic rings. The zero-order valence-corrected chi connectivity index (χ0v) is 21.9. The molecule has 3 aromatic heterocycles. The first kappa shape index (κ1) is 26.4. The largest absolute Gasteiger partial charge is 0.416 e. The van der Waals surface area contributed by atoms with Crippen LogP contribution in [-0.4, -0.2) is 30.5 Å². The molecule has 200 valence electrons. The number of nitrogens with zero attached hydrogens (tertiary/aromatic N) is 6. The third-order valence-corrected chi connectivity index (χ3v) is 7.42. The fourth-order valence-electron chi connectivity index (χ4n) is 4.76. The second kappa shape index (κ2) is 10.5. The molecule has 1 aromatic carbocycles. The Kier molecular flexibility index (Phi) is 7.08. The van der Waals surface area contributed by atoms with Gasteiger partial charge >= 0.3 is 6.18 Å². The first-order valence-electron chi connectivity index (χ1n) is 12.9. The molecule has 1 saturated carbocycles. The van der Waals surface area contributed by atoms with E-state index in [4.69, 9.17) is 4.98 Å². The number of benzene rings is 1. The van der Waals surface area contributed by atoms with E-state index in [9.17, 15) is 18.4 Å². The van der Waals surface area contributed by atoms with Gasteiger partial charge in [-0.3, -0.25) is 4.98 Å². The molecule has 3 heterocycles. The van der Waals surface area contributed by atoms with Gasteiger partial charge in [-0.15, -0.1) is 0 Å². The minimum absolute atomic E-state index is 0.0111. The van der Waals surface area contributed by atoms with E-state index in [-0.39, 0.29) is 18.4 Å². The molecule has 0 amide bonds.